The van der Waals surface area contributed by atoms with Gasteiger partial charge < -0.3 is 5.32 Å². The lowest BCUT2D eigenvalue weighted by Gasteiger charge is -2.15. The first kappa shape index (κ1) is 12.2. The van der Waals surface area contributed by atoms with Gasteiger partial charge in [0.25, 0.3) is 6.43 Å². The van der Waals surface area contributed by atoms with Gasteiger partial charge in [-0.05, 0) is 12.1 Å². The van der Waals surface area contributed by atoms with Crippen molar-refractivity contribution in [1.82, 2.24) is 0 Å². The molecule has 0 aliphatic rings. The van der Waals surface area contributed by atoms with Gasteiger partial charge in [-0.15, -0.1) is 0 Å². The summed E-state index contributed by atoms with van der Waals surface area (Å²) in [5.41, 5.74) is 3.25. The fourth-order valence-corrected chi connectivity index (χ4v) is 1.75. The predicted octanol–water partition coefficient (Wildman–Crippen LogP) is 3.40. The Labute approximate surface area is 94.9 Å². The number of hydrogen-bond acceptors (Lipinski definition) is 3. The van der Waals surface area contributed by atoms with Crippen molar-refractivity contribution >= 4 is 27.3 Å². The van der Waals surface area contributed by atoms with Crippen LogP contribution in [0.25, 0.3) is 0 Å². The predicted molar refractivity (Wildman–Crippen MR) is 59.3 cm³/mol. The van der Waals surface area contributed by atoms with Crippen molar-refractivity contribution in [3.8, 4) is 0 Å². The second-order valence-corrected chi connectivity index (χ2v) is 3.69. The Bertz CT molecular complexity index is 347. The molecule has 0 bridgehead atoms. The zero-order valence-electron chi connectivity index (χ0n) is 8.27. The molecule has 1 rings (SSSR count). The van der Waals surface area contributed by atoms with Gasteiger partial charge in [0.05, 0.1) is 18.5 Å². The van der Waals surface area contributed by atoms with Crippen LogP contribution in [0.2, 0.25) is 0 Å². The van der Waals surface area contributed by atoms with Crippen LogP contribution in [-0.4, -0.2) is 14.2 Å². The van der Waals surface area contributed by atoms with Crippen LogP contribution < -0.4 is 10.8 Å². The van der Waals surface area contributed by atoms with Gasteiger partial charge in [0.2, 0.25) is 0 Å². The molecule has 1 aromatic rings. The Morgan fingerprint density at radius 3 is 2.53 bits per heavy atom. The molecule has 0 aromatic heterocycles. The summed E-state index contributed by atoms with van der Waals surface area (Å²) < 4.78 is 25.9. The maximum absolute atomic E-state index is 12.7. The molecule has 84 valence electrons. The van der Waals surface area contributed by atoms with E-state index in [2.05, 4.69) is 26.7 Å². The van der Waals surface area contributed by atoms with E-state index in [0.29, 0.717) is 15.8 Å². The minimum Gasteiger partial charge on any atom is -0.386 e. The van der Waals surface area contributed by atoms with E-state index in [1.165, 1.54) is 13.2 Å². The summed E-state index contributed by atoms with van der Waals surface area (Å²) in [5, 5.41) is 2.71. The minimum atomic E-state index is -2.54. The van der Waals surface area contributed by atoms with Gasteiger partial charge in [-0.1, -0.05) is 15.9 Å². The van der Waals surface area contributed by atoms with E-state index in [0.717, 1.165) is 0 Å². The number of anilines is 2. The van der Waals surface area contributed by atoms with Gasteiger partial charge in [-0.2, -0.15) is 0 Å². The first-order valence-corrected chi connectivity index (χ1v) is 4.97. The van der Waals surface area contributed by atoms with Gasteiger partial charge in [0, 0.05) is 17.1 Å². The fourth-order valence-electron chi connectivity index (χ4n) is 1.27. The number of alkyl halides is 2. The molecule has 0 saturated carbocycles. The monoisotopic (exact) mass is 280 g/mol. The molecule has 0 amide bonds. The van der Waals surface area contributed by atoms with Crippen molar-refractivity contribution in [1.29, 1.82) is 0 Å². The van der Waals surface area contributed by atoms with Crippen LogP contribution in [0.5, 0.6) is 0 Å². The molecule has 3 nitrogen and oxygen atoms in total. The number of nitrogens with one attached hydrogen (secondary N) is 2. The third-order valence-electron chi connectivity index (χ3n) is 1.83. The summed E-state index contributed by atoms with van der Waals surface area (Å²) in [6.07, 6.45) is -2.54. The molecule has 6 heteroatoms. The van der Waals surface area contributed by atoms with Crippen molar-refractivity contribution in [3.63, 3.8) is 0 Å². The second-order valence-electron chi connectivity index (χ2n) is 2.77. The average Bonchev–Trinajstić information content (AvgIpc) is 2.17. The highest BCUT2D eigenvalue weighted by atomic mass is 79.9. The molecule has 0 saturated heterocycles. The Balaban J connectivity index is 3.25. The zero-order valence-corrected chi connectivity index (χ0v) is 9.86. The summed E-state index contributed by atoms with van der Waals surface area (Å²) in [6, 6.07) is 3.03. The number of halogens is 3. The third kappa shape index (κ3) is 2.79. The molecule has 0 heterocycles. The van der Waals surface area contributed by atoms with E-state index in [1.807, 2.05) is 0 Å². The molecule has 0 unspecified atom stereocenters. The molecule has 0 radical (unpaired) electrons. The minimum absolute atomic E-state index is 0.0774. The first-order chi connectivity index (χ1) is 7.10. The molecular weight excluding hydrogens is 270 g/mol. The Morgan fingerprint density at radius 1 is 1.40 bits per heavy atom. The van der Waals surface area contributed by atoms with E-state index in [4.69, 9.17) is 4.84 Å². The smallest absolute Gasteiger partial charge is 0.265 e. The summed E-state index contributed by atoms with van der Waals surface area (Å²) in [5.74, 6) is 0. The van der Waals surface area contributed by atoms with E-state index >= 15 is 0 Å². The topological polar surface area (TPSA) is 33.3 Å². The summed E-state index contributed by atoms with van der Waals surface area (Å²) in [6.45, 7) is 0. The molecule has 0 fully saturated rings. The molecule has 0 spiro atoms. The Morgan fingerprint density at radius 2 is 2.07 bits per heavy atom. The van der Waals surface area contributed by atoms with E-state index < -0.39 is 6.43 Å². The van der Waals surface area contributed by atoms with Crippen LogP contribution in [0.3, 0.4) is 0 Å². The molecular formula is C9H11BrF2N2O. The van der Waals surface area contributed by atoms with Crippen molar-refractivity contribution in [2.75, 3.05) is 25.0 Å². The SMILES string of the molecule is CNc1c(NOC)cc(Br)cc1C(F)F. The molecule has 0 aliphatic carbocycles. The third-order valence-corrected chi connectivity index (χ3v) is 2.29. The highest BCUT2D eigenvalue weighted by Crippen LogP contribution is 2.36. The van der Waals surface area contributed by atoms with E-state index in [1.54, 1.807) is 13.1 Å². The van der Waals surface area contributed by atoms with Gasteiger partial charge in [-0.25, -0.2) is 8.78 Å². The summed E-state index contributed by atoms with van der Waals surface area (Å²) in [7, 11) is 3.00. The van der Waals surface area contributed by atoms with Crippen molar-refractivity contribution in [2.24, 2.45) is 0 Å². The van der Waals surface area contributed by atoms with Gasteiger partial charge in [0.15, 0.2) is 0 Å². The quantitative estimate of drug-likeness (QED) is 0.830. The van der Waals surface area contributed by atoms with Gasteiger partial charge in [0.1, 0.15) is 0 Å². The lowest BCUT2D eigenvalue weighted by Crippen LogP contribution is -2.04. The highest BCUT2D eigenvalue weighted by Gasteiger charge is 2.16. The second kappa shape index (κ2) is 5.27. The van der Waals surface area contributed by atoms with Crippen molar-refractivity contribution in [3.05, 3.63) is 22.2 Å². The lowest BCUT2D eigenvalue weighted by molar-refractivity contribution is 0.152. The molecule has 1 aromatic carbocycles. The largest absolute Gasteiger partial charge is 0.386 e. The highest BCUT2D eigenvalue weighted by molar-refractivity contribution is 9.10. The van der Waals surface area contributed by atoms with Crippen LogP contribution in [0, 0.1) is 0 Å². The average molecular weight is 281 g/mol. The lowest BCUT2D eigenvalue weighted by atomic mass is 10.1. The molecule has 15 heavy (non-hydrogen) atoms. The zero-order chi connectivity index (χ0) is 11.4. The normalized spacial score (nSPS) is 10.5. The van der Waals surface area contributed by atoms with Crippen molar-refractivity contribution < 1.29 is 13.6 Å². The number of benzene rings is 1. The van der Waals surface area contributed by atoms with Crippen LogP contribution in [0.1, 0.15) is 12.0 Å². The van der Waals surface area contributed by atoms with Crippen LogP contribution in [0.15, 0.2) is 16.6 Å². The van der Waals surface area contributed by atoms with Crippen LogP contribution in [0.4, 0.5) is 20.2 Å². The van der Waals surface area contributed by atoms with Crippen molar-refractivity contribution in [2.45, 2.75) is 6.43 Å². The Kier molecular flexibility index (Phi) is 4.28. The fraction of sp³-hybridized carbons (Fsp3) is 0.333. The number of hydrogen-bond donors (Lipinski definition) is 2. The summed E-state index contributed by atoms with van der Waals surface area (Å²) in [4.78, 5) is 4.70. The maximum Gasteiger partial charge on any atom is 0.265 e. The maximum atomic E-state index is 12.7. The molecule has 2 N–H and O–H groups in total. The standard InChI is InChI=1S/C9H11BrF2N2O/c1-13-8-6(9(11)12)3-5(10)4-7(8)14-15-2/h3-4,9,13-14H,1-2H3. The Hall–Kier alpha value is -0.880. The van der Waals surface area contributed by atoms with Crippen LogP contribution in [-0.2, 0) is 4.84 Å². The summed E-state index contributed by atoms with van der Waals surface area (Å²) >= 11 is 3.16. The number of rotatable bonds is 4. The molecule has 0 aliphatic heterocycles. The molecule has 0 atom stereocenters. The first-order valence-electron chi connectivity index (χ1n) is 4.18. The van der Waals surface area contributed by atoms with E-state index in [-0.39, 0.29) is 5.56 Å². The van der Waals surface area contributed by atoms with Crippen LogP contribution >= 0.6 is 15.9 Å². The van der Waals surface area contributed by atoms with Gasteiger partial charge in [-0.3, -0.25) is 10.3 Å². The van der Waals surface area contributed by atoms with Gasteiger partial charge >= 0.3 is 0 Å². The van der Waals surface area contributed by atoms with E-state index in [9.17, 15) is 8.78 Å².